The lowest BCUT2D eigenvalue weighted by Crippen LogP contribution is -2.33. The van der Waals surface area contributed by atoms with Crippen LogP contribution in [-0.4, -0.2) is 31.9 Å². The standard InChI is InChI=1S/C30H42ClN3O3/c1-18(2)30(4,5)17-20-13-24(14-20)34-29(21-8-9-21)28(32-33-34)23(10-11-27(36)37)16-25(35)15-22-7-6-19(3)12-26(22)31/h6-7,12,18,20-21,23-24H,8-11,13-17H2,1-5H3,(H,36,37)/t20?,23-,24?/m0/s1. The van der Waals surface area contributed by atoms with Crippen molar-refractivity contribution in [3.63, 3.8) is 0 Å². The van der Waals surface area contributed by atoms with E-state index in [4.69, 9.17) is 11.6 Å². The van der Waals surface area contributed by atoms with Gasteiger partial charge in [-0.25, -0.2) is 4.68 Å². The molecule has 2 fully saturated rings. The highest BCUT2D eigenvalue weighted by molar-refractivity contribution is 6.31. The van der Waals surface area contributed by atoms with Crippen LogP contribution in [0.15, 0.2) is 18.2 Å². The van der Waals surface area contributed by atoms with Crippen LogP contribution >= 0.6 is 11.6 Å². The number of rotatable bonds is 13. The molecule has 0 unspecified atom stereocenters. The lowest BCUT2D eigenvalue weighted by molar-refractivity contribution is -0.137. The molecular weight excluding hydrogens is 486 g/mol. The second kappa shape index (κ2) is 11.3. The molecule has 1 aromatic heterocycles. The van der Waals surface area contributed by atoms with Gasteiger partial charge in [-0.2, -0.15) is 0 Å². The fraction of sp³-hybridized carbons (Fsp3) is 0.667. The third-order valence-corrected chi connectivity index (χ3v) is 9.17. The van der Waals surface area contributed by atoms with Crippen LogP contribution in [0.2, 0.25) is 5.02 Å². The first-order chi connectivity index (χ1) is 17.4. The number of Topliss-reactive ketones (excluding diaryl/α,β-unsaturated/α-hetero) is 1. The number of hydrogen-bond donors (Lipinski definition) is 1. The molecule has 0 amide bonds. The highest BCUT2D eigenvalue weighted by Crippen LogP contribution is 2.50. The molecule has 0 spiro atoms. The minimum atomic E-state index is -0.853. The molecule has 0 radical (unpaired) electrons. The summed E-state index contributed by atoms with van der Waals surface area (Å²) in [5, 5.41) is 19.2. The summed E-state index contributed by atoms with van der Waals surface area (Å²) < 4.78 is 2.14. The Morgan fingerprint density at radius 3 is 2.51 bits per heavy atom. The van der Waals surface area contributed by atoms with Gasteiger partial charge >= 0.3 is 5.97 Å². The molecule has 202 valence electrons. The van der Waals surface area contributed by atoms with Crippen molar-refractivity contribution in [2.24, 2.45) is 17.3 Å². The summed E-state index contributed by atoms with van der Waals surface area (Å²) in [5.41, 5.74) is 4.19. The van der Waals surface area contributed by atoms with Crippen molar-refractivity contribution in [1.82, 2.24) is 15.0 Å². The lowest BCUT2D eigenvalue weighted by atomic mass is 9.67. The zero-order valence-corrected chi connectivity index (χ0v) is 23.7. The number of carboxylic acids is 1. The average molecular weight is 528 g/mol. The number of aryl methyl sites for hydroxylation is 1. The van der Waals surface area contributed by atoms with Crippen LogP contribution in [0.25, 0.3) is 0 Å². The van der Waals surface area contributed by atoms with Gasteiger partial charge in [-0.15, -0.1) is 5.10 Å². The summed E-state index contributed by atoms with van der Waals surface area (Å²) in [5.74, 6) is 0.726. The Labute approximate surface area is 226 Å². The van der Waals surface area contributed by atoms with Gasteiger partial charge in [-0.3, -0.25) is 9.59 Å². The zero-order chi connectivity index (χ0) is 26.9. The van der Waals surface area contributed by atoms with Gasteiger partial charge in [0.2, 0.25) is 0 Å². The van der Waals surface area contributed by atoms with E-state index >= 15 is 0 Å². The van der Waals surface area contributed by atoms with Crippen LogP contribution in [0.1, 0.15) is 119 Å². The fourth-order valence-corrected chi connectivity index (χ4v) is 5.96. The van der Waals surface area contributed by atoms with Gasteiger partial charge in [0.15, 0.2) is 0 Å². The van der Waals surface area contributed by atoms with Crippen LogP contribution in [0.5, 0.6) is 0 Å². The number of ketones is 1. The van der Waals surface area contributed by atoms with E-state index < -0.39 is 5.97 Å². The number of carbonyl (C=O) groups excluding carboxylic acids is 1. The first-order valence-electron chi connectivity index (χ1n) is 13.9. The van der Waals surface area contributed by atoms with E-state index in [-0.39, 0.29) is 31.0 Å². The number of aromatic nitrogens is 3. The molecule has 2 saturated carbocycles. The van der Waals surface area contributed by atoms with Crippen molar-refractivity contribution in [1.29, 1.82) is 0 Å². The second-order valence-corrected chi connectivity index (χ2v) is 13.0. The van der Waals surface area contributed by atoms with Crippen LogP contribution in [-0.2, 0) is 16.0 Å². The summed E-state index contributed by atoms with van der Waals surface area (Å²) in [7, 11) is 0. The number of nitrogens with zero attached hydrogens (tertiary/aromatic N) is 3. The van der Waals surface area contributed by atoms with E-state index in [0.717, 1.165) is 48.2 Å². The van der Waals surface area contributed by atoms with Crippen molar-refractivity contribution >= 4 is 23.4 Å². The van der Waals surface area contributed by atoms with Crippen molar-refractivity contribution in [2.45, 2.75) is 110 Å². The summed E-state index contributed by atoms with van der Waals surface area (Å²) in [6.07, 6.45) is 6.56. The van der Waals surface area contributed by atoms with Crippen LogP contribution in [0, 0.1) is 24.2 Å². The van der Waals surface area contributed by atoms with Crippen molar-refractivity contribution < 1.29 is 14.7 Å². The Kier molecular flexibility index (Phi) is 8.47. The average Bonchev–Trinajstić information content (AvgIpc) is 3.53. The highest BCUT2D eigenvalue weighted by atomic mass is 35.5. The second-order valence-electron chi connectivity index (χ2n) is 12.6. The minimum Gasteiger partial charge on any atom is -0.481 e. The molecule has 2 aliphatic rings. The largest absolute Gasteiger partial charge is 0.481 e. The predicted molar refractivity (Wildman–Crippen MR) is 146 cm³/mol. The first-order valence-corrected chi connectivity index (χ1v) is 14.3. The van der Waals surface area contributed by atoms with E-state index in [1.54, 1.807) is 0 Å². The van der Waals surface area contributed by atoms with E-state index in [0.29, 0.717) is 40.7 Å². The maximum atomic E-state index is 13.2. The van der Waals surface area contributed by atoms with Gasteiger partial charge in [0, 0.05) is 36.1 Å². The maximum absolute atomic E-state index is 13.2. The van der Waals surface area contributed by atoms with Crippen LogP contribution in [0.4, 0.5) is 0 Å². The summed E-state index contributed by atoms with van der Waals surface area (Å²) in [6.45, 7) is 11.3. The number of carbonyl (C=O) groups is 2. The smallest absolute Gasteiger partial charge is 0.303 e. The SMILES string of the molecule is Cc1ccc(CC(=O)C[C@H](CCC(=O)O)c2nnn(C3CC(CC(C)(C)C(C)C)C3)c2C2CC2)c(Cl)c1. The lowest BCUT2D eigenvalue weighted by Gasteiger charge is -2.42. The molecule has 37 heavy (non-hydrogen) atoms. The Morgan fingerprint density at radius 1 is 1.22 bits per heavy atom. The van der Waals surface area contributed by atoms with E-state index in [1.165, 1.54) is 6.42 Å². The Hall–Kier alpha value is -2.21. The Bertz CT molecular complexity index is 1130. The van der Waals surface area contributed by atoms with Gasteiger partial charge in [0.1, 0.15) is 5.78 Å². The number of halogens is 1. The van der Waals surface area contributed by atoms with E-state index in [1.807, 2.05) is 25.1 Å². The third kappa shape index (κ3) is 6.81. The minimum absolute atomic E-state index is 0.00991. The normalized spacial score (nSPS) is 20.6. The molecule has 1 aromatic carbocycles. The molecule has 0 saturated heterocycles. The van der Waals surface area contributed by atoms with Crippen LogP contribution < -0.4 is 0 Å². The van der Waals surface area contributed by atoms with Crippen LogP contribution in [0.3, 0.4) is 0 Å². The summed E-state index contributed by atoms with van der Waals surface area (Å²) in [4.78, 5) is 24.6. The van der Waals surface area contributed by atoms with Crippen molar-refractivity contribution in [2.75, 3.05) is 0 Å². The van der Waals surface area contributed by atoms with Gasteiger partial charge in [0.05, 0.1) is 17.4 Å². The van der Waals surface area contributed by atoms with Crippen molar-refractivity contribution in [3.05, 3.63) is 45.7 Å². The zero-order valence-electron chi connectivity index (χ0n) is 23.0. The number of aliphatic carboxylic acids is 1. The van der Waals surface area contributed by atoms with Crippen molar-refractivity contribution in [3.8, 4) is 0 Å². The van der Waals surface area contributed by atoms with Gasteiger partial charge < -0.3 is 5.11 Å². The highest BCUT2D eigenvalue weighted by Gasteiger charge is 2.41. The van der Waals surface area contributed by atoms with E-state index in [2.05, 4.69) is 42.7 Å². The van der Waals surface area contributed by atoms with E-state index in [9.17, 15) is 14.7 Å². The molecule has 1 heterocycles. The van der Waals surface area contributed by atoms with Gasteiger partial charge in [-0.05, 0) is 79.9 Å². The predicted octanol–water partition coefficient (Wildman–Crippen LogP) is 7.29. The van der Waals surface area contributed by atoms with Gasteiger partial charge in [0.25, 0.3) is 0 Å². The Morgan fingerprint density at radius 2 is 1.92 bits per heavy atom. The molecule has 1 N–H and O–H groups in total. The number of benzene rings is 1. The third-order valence-electron chi connectivity index (χ3n) is 8.82. The summed E-state index contributed by atoms with van der Waals surface area (Å²) in [6, 6.07) is 6.09. The molecule has 7 heteroatoms. The molecule has 0 bridgehead atoms. The molecule has 2 aromatic rings. The van der Waals surface area contributed by atoms with Gasteiger partial charge in [-0.1, -0.05) is 56.6 Å². The molecule has 2 aliphatic carbocycles. The summed E-state index contributed by atoms with van der Waals surface area (Å²) >= 11 is 6.38. The fourth-order valence-electron chi connectivity index (χ4n) is 5.66. The molecular formula is C30H42ClN3O3. The number of hydrogen-bond acceptors (Lipinski definition) is 4. The maximum Gasteiger partial charge on any atom is 0.303 e. The number of carboxylic acid groups (broad SMARTS) is 1. The monoisotopic (exact) mass is 527 g/mol. The first kappa shape index (κ1) is 27.8. The molecule has 1 atom stereocenters. The Balaban J connectivity index is 1.50. The molecule has 4 rings (SSSR count). The quantitative estimate of drug-likeness (QED) is 0.295. The molecule has 0 aliphatic heterocycles. The topological polar surface area (TPSA) is 85.1 Å². The molecule has 6 nitrogen and oxygen atoms in total.